The van der Waals surface area contributed by atoms with Crippen molar-refractivity contribution in [2.24, 2.45) is 18.9 Å². The molecule has 152 valence electrons. The molecule has 0 radical (unpaired) electrons. The second-order valence-corrected chi connectivity index (χ2v) is 7.89. The Balaban J connectivity index is 0.00000204. The molecule has 30 heavy (non-hydrogen) atoms. The summed E-state index contributed by atoms with van der Waals surface area (Å²) in [4.78, 5) is 25.5. The molecule has 0 bridgehead atoms. The van der Waals surface area contributed by atoms with Gasteiger partial charge in [0.2, 0.25) is 5.89 Å². The van der Waals surface area contributed by atoms with Gasteiger partial charge in [-0.3, -0.25) is 9.36 Å². The van der Waals surface area contributed by atoms with E-state index in [9.17, 15) is 9.18 Å². The maximum Gasteiger partial charge on any atom is 0.280 e. The molecule has 1 fully saturated rings. The summed E-state index contributed by atoms with van der Waals surface area (Å²) >= 11 is 0. The van der Waals surface area contributed by atoms with Gasteiger partial charge in [0.1, 0.15) is 18.7 Å². The van der Waals surface area contributed by atoms with E-state index < -0.39 is 0 Å². The molecule has 9 heteroatoms. The molecule has 4 aromatic rings. The predicted molar refractivity (Wildman–Crippen MR) is 107 cm³/mol. The van der Waals surface area contributed by atoms with E-state index in [2.05, 4.69) is 26.2 Å². The van der Waals surface area contributed by atoms with Gasteiger partial charge in [0.05, 0.1) is 6.33 Å². The number of benzene rings is 1. The van der Waals surface area contributed by atoms with Crippen molar-refractivity contribution in [3.8, 4) is 0 Å². The van der Waals surface area contributed by atoms with Crippen LogP contribution in [0.4, 0.5) is 4.39 Å². The molecule has 3 aromatic heterocycles. The minimum absolute atomic E-state index is 0. The molecule has 3 heterocycles. The van der Waals surface area contributed by atoms with E-state index in [1.165, 1.54) is 17.0 Å². The Kier molecular flexibility index (Phi) is 3.56. The summed E-state index contributed by atoms with van der Waals surface area (Å²) in [5.41, 5.74) is 2.35. The van der Waals surface area contributed by atoms with Crippen LogP contribution in [0.1, 0.15) is 31.0 Å². The van der Waals surface area contributed by atoms with Crippen LogP contribution in [0.25, 0.3) is 16.7 Å². The summed E-state index contributed by atoms with van der Waals surface area (Å²) in [6.07, 6.45) is 5.94. The largest absolute Gasteiger partial charge is 0.337 e. The average Bonchev–Trinajstić information content (AvgIpc) is 3.16. The third kappa shape index (κ3) is 2.54. The van der Waals surface area contributed by atoms with E-state index in [1.54, 1.807) is 24.0 Å². The molecular formula is C21H19FN6O2. The second-order valence-electron chi connectivity index (χ2n) is 7.89. The molecule has 1 saturated carbocycles. The number of allylic oxidation sites excluding steroid dienone is 2. The summed E-state index contributed by atoms with van der Waals surface area (Å²) in [7, 11) is 1.75. The van der Waals surface area contributed by atoms with Crippen LogP contribution in [0.2, 0.25) is 0 Å². The molecule has 6 rings (SSSR count). The van der Waals surface area contributed by atoms with Crippen molar-refractivity contribution >= 4 is 16.7 Å². The fourth-order valence-electron chi connectivity index (χ4n) is 4.53. The first kappa shape index (κ1) is 17.3. The lowest BCUT2D eigenvalue weighted by Crippen LogP contribution is -2.22. The Hall–Kier alpha value is -3.62. The van der Waals surface area contributed by atoms with E-state index in [0.717, 1.165) is 12.0 Å². The number of rotatable bonds is 4. The standard InChI is InChI=1S/C21H17FN6O2.H2/c1-27-9-23-20-18(27)21(29)28(10-24-20)8-16-25-19(26-30-16)17-13-6-11(7-14(13)17)12-4-2-3-5-15(12)22;/h2-6,9-10,13-14,17H,7-8H2,1H3;1H/t13?,14-,17-;/m1./s1. The first-order valence-electron chi connectivity index (χ1n) is 9.74. The van der Waals surface area contributed by atoms with Crippen molar-refractivity contribution in [3.63, 3.8) is 0 Å². The van der Waals surface area contributed by atoms with Crippen LogP contribution >= 0.6 is 0 Å². The van der Waals surface area contributed by atoms with Crippen LogP contribution in [0, 0.1) is 17.7 Å². The highest BCUT2D eigenvalue weighted by atomic mass is 19.1. The van der Waals surface area contributed by atoms with Crippen LogP contribution in [-0.2, 0) is 13.6 Å². The monoisotopic (exact) mass is 406 g/mol. The fraction of sp³-hybridized carbons (Fsp3) is 0.286. The highest BCUT2D eigenvalue weighted by molar-refractivity contribution is 5.71. The van der Waals surface area contributed by atoms with Crippen LogP contribution in [0.5, 0.6) is 0 Å². The Morgan fingerprint density at radius 2 is 2.10 bits per heavy atom. The number of hydrogen-bond donors (Lipinski definition) is 0. The van der Waals surface area contributed by atoms with E-state index >= 15 is 0 Å². The maximum atomic E-state index is 14.0. The summed E-state index contributed by atoms with van der Waals surface area (Å²) in [5, 5.41) is 4.13. The molecule has 1 aromatic carbocycles. The third-order valence-electron chi connectivity index (χ3n) is 6.09. The third-order valence-corrected chi connectivity index (χ3v) is 6.09. The molecule has 0 spiro atoms. The molecule has 0 aliphatic heterocycles. The van der Waals surface area contributed by atoms with Gasteiger partial charge < -0.3 is 9.09 Å². The minimum atomic E-state index is -0.208. The summed E-state index contributed by atoms with van der Waals surface area (Å²) < 4.78 is 22.5. The average molecular weight is 406 g/mol. The Bertz CT molecular complexity index is 1390. The number of imidazole rings is 1. The lowest BCUT2D eigenvalue weighted by molar-refractivity contribution is 0.364. The highest BCUT2D eigenvalue weighted by Crippen LogP contribution is 2.62. The number of hydrogen-bond acceptors (Lipinski definition) is 6. The topological polar surface area (TPSA) is 91.6 Å². The first-order valence-corrected chi connectivity index (χ1v) is 9.74. The van der Waals surface area contributed by atoms with Gasteiger partial charge in [0, 0.05) is 20.0 Å². The van der Waals surface area contributed by atoms with Crippen LogP contribution < -0.4 is 5.56 Å². The zero-order valence-corrected chi connectivity index (χ0v) is 16.1. The molecule has 1 unspecified atom stereocenters. The second kappa shape index (κ2) is 6.19. The summed E-state index contributed by atoms with van der Waals surface area (Å²) in [6, 6.07) is 6.86. The van der Waals surface area contributed by atoms with Crippen LogP contribution in [-0.4, -0.2) is 29.2 Å². The molecule has 2 aliphatic rings. The SMILES string of the molecule is Cn1cnc2ncn(Cc3nc([C@@H]4C5C=C(c6ccccc6F)C[C@H]54)no3)c(=O)c21.[HH]. The van der Waals surface area contributed by atoms with Gasteiger partial charge in [0.25, 0.3) is 5.56 Å². The lowest BCUT2D eigenvalue weighted by Gasteiger charge is -2.06. The quantitative estimate of drug-likeness (QED) is 0.518. The number of halogens is 1. The van der Waals surface area contributed by atoms with E-state index in [0.29, 0.717) is 40.3 Å². The molecule has 3 atom stereocenters. The highest BCUT2D eigenvalue weighted by Gasteiger charge is 2.55. The van der Waals surface area contributed by atoms with Crippen LogP contribution in [0.15, 0.2) is 52.3 Å². The van der Waals surface area contributed by atoms with Gasteiger partial charge in [-0.25, -0.2) is 14.4 Å². The maximum absolute atomic E-state index is 14.0. The first-order chi connectivity index (χ1) is 14.6. The Morgan fingerprint density at radius 1 is 1.27 bits per heavy atom. The van der Waals surface area contributed by atoms with Crippen molar-refractivity contribution in [1.29, 1.82) is 0 Å². The molecule has 0 saturated heterocycles. The zero-order valence-electron chi connectivity index (χ0n) is 16.1. The van der Waals surface area contributed by atoms with E-state index in [4.69, 9.17) is 4.52 Å². The number of aryl methyl sites for hydroxylation is 1. The summed E-state index contributed by atoms with van der Waals surface area (Å²) in [6.45, 7) is 0.151. The minimum Gasteiger partial charge on any atom is -0.337 e. The molecule has 8 nitrogen and oxygen atoms in total. The van der Waals surface area contributed by atoms with Crippen molar-refractivity contribution in [3.05, 3.63) is 76.4 Å². The Labute approximate surface area is 171 Å². The van der Waals surface area contributed by atoms with Gasteiger partial charge in [-0.2, -0.15) is 4.98 Å². The zero-order chi connectivity index (χ0) is 20.4. The van der Waals surface area contributed by atoms with Gasteiger partial charge >= 0.3 is 0 Å². The smallest absolute Gasteiger partial charge is 0.280 e. The lowest BCUT2D eigenvalue weighted by atomic mass is 10.0. The van der Waals surface area contributed by atoms with Gasteiger partial charge in [-0.15, -0.1) is 0 Å². The van der Waals surface area contributed by atoms with E-state index in [1.807, 2.05) is 12.1 Å². The molecule has 0 N–H and O–H groups in total. The van der Waals surface area contributed by atoms with E-state index in [-0.39, 0.29) is 25.3 Å². The van der Waals surface area contributed by atoms with Crippen LogP contribution in [0.3, 0.4) is 0 Å². The number of fused-ring (bicyclic) bond motifs is 2. The number of aromatic nitrogens is 6. The summed E-state index contributed by atoms with van der Waals surface area (Å²) in [5.74, 6) is 1.69. The molecular weight excluding hydrogens is 387 g/mol. The predicted octanol–water partition coefficient (Wildman–Crippen LogP) is 2.76. The molecule has 2 aliphatic carbocycles. The van der Waals surface area contributed by atoms with Gasteiger partial charge in [-0.05, 0) is 29.9 Å². The van der Waals surface area contributed by atoms with Crippen molar-refractivity contribution in [1.82, 2.24) is 29.2 Å². The fourth-order valence-corrected chi connectivity index (χ4v) is 4.53. The normalized spacial score (nSPS) is 22.3. The molecule has 0 amide bonds. The number of nitrogens with zero attached hydrogens (tertiary/aromatic N) is 6. The van der Waals surface area contributed by atoms with Gasteiger partial charge in [-0.1, -0.05) is 29.4 Å². The van der Waals surface area contributed by atoms with Crippen molar-refractivity contribution in [2.45, 2.75) is 18.9 Å². The Morgan fingerprint density at radius 3 is 2.90 bits per heavy atom. The van der Waals surface area contributed by atoms with Crippen molar-refractivity contribution < 1.29 is 10.3 Å². The van der Waals surface area contributed by atoms with Gasteiger partial charge in [0.15, 0.2) is 17.0 Å². The van der Waals surface area contributed by atoms with Crippen molar-refractivity contribution in [2.75, 3.05) is 0 Å².